The minimum Gasteiger partial charge on any atom is -0.496 e. The summed E-state index contributed by atoms with van der Waals surface area (Å²) in [7, 11) is 8.95. The number of carbonyl (C=O) groups excluding carboxylic acids is 1. The Hall–Kier alpha value is -2.64. The molecule has 3 rings (SSSR count). The van der Waals surface area contributed by atoms with Crippen LogP contribution < -0.4 is 15.0 Å². The van der Waals surface area contributed by atoms with Crippen molar-refractivity contribution in [2.45, 2.75) is 13.5 Å². The first-order valence-electron chi connectivity index (χ1n) is 8.81. The summed E-state index contributed by atoms with van der Waals surface area (Å²) < 4.78 is 13.6. The van der Waals surface area contributed by atoms with Crippen LogP contribution in [0.1, 0.15) is 22.2 Å². The van der Waals surface area contributed by atoms with Gasteiger partial charge >= 0.3 is 0 Å². The van der Waals surface area contributed by atoms with E-state index in [0.29, 0.717) is 28.3 Å². The minimum absolute atomic E-state index is 0.0503. The number of ether oxygens (including phenoxy) is 2. The largest absolute Gasteiger partial charge is 0.496 e. The van der Waals surface area contributed by atoms with Crippen molar-refractivity contribution in [1.29, 1.82) is 0 Å². The molecule has 0 atom stereocenters. The number of Topliss-reactive ketones (excluding diaryl/α,β-unsaturated/α-hetero) is 1. The highest BCUT2D eigenvalue weighted by molar-refractivity contribution is 7.21. The second kappa shape index (κ2) is 7.77. The second-order valence-electron chi connectivity index (χ2n) is 6.97. The summed E-state index contributed by atoms with van der Waals surface area (Å²) in [6, 6.07) is 5.59. The molecule has 0 N–H and O–H groups in total. The Morgan fingerprint density at radius 3 is 2.25 bits per heavy atom. The molecule has 28 heavy (non-hydrogen) atoms. The number of benzene rings is 1. The zero-order valence-corrected chi connectivity index (χ0v) is 17.8. The molecule has 0 saturated carbocycles. The molecule has 0 spiro atoms. The van der Waals surface area contributed by atoms with Gasteiger partial charge < -0.3 is 18.9 Å². The summed E-state index contributed by atoms with van der Waals surface area (Å²) in [5.41, 5.74) is 2.57. The highest BCUT2D eigenvalue weighted by Crippen LogP contribution is 2.39. The lowest BCUT2D eigenvalue weighted by Crippen LogP contribution is -2.15. The van der Waals surface area contributed by atoms with Gasteiger partial charge in [-0.1, -0.05) is 0 Å². The minimum atomic E-state index is -0.120. The molecule has 7 heteroatoms. The Kier molecular flexibility index (Phi) is 5.58. The summed E-state index contributed by atoms with van der Waals surface area (Å²) >= 11 is 1.34. The molecule has 0 radical (unpaired) electrons. The van der Waals surface area contributed by atoms with Crippen LogP contribution in [0.25, 0.3) is 21.2 Å². The van der Waals surface area contributed by atoms with Crippen molar-refractivity contribution in [3.8, 4) is 22.6 Å². The molecule has 2 heterocycles. The first kappa shape index (κ1) is 20.1. The van der Waals surface area contributed by atoms with E-state index in [1.165, 1.54) is 18.3 Å². The number of aromatic nitrogens is 1. The number of rotatable bonds is 6. The highest BCUT2D eigenvalue weighted by Gasteiger charge is 2.19. The van der Waals surface area contributed by atoms with E-state index >= 15 is 0 Å². The van der Waals surface area contributed by atoms with Gasteiger partial charge in [0.15, 0.2) is 5.78 Å². The molecule has 0 fully saturated rings. The normalized spacial score (nSPS) is 11.2. The summed E-state index contributed by atoms with van der Waals surface area (Å²) in [5, 5.41) is 0.547. The van der Waals surface area contributed by atoms with E-state index in [4.69, 9.17) is 9.47 Å². The smallest absolute Gasteiger partial charge is 0.259 e. The number of nitrogens with zero attached hydrogens (tertiary/aromatic N) is 2. The molecule has 0 bridgehead atoms. The third-order valence-corrected chi connectivity index (χ3v) is 5.86. The number of pyridine rings is 1. The molecule has 0 amide bonds. The van der Waals surface area contributed by atoms with Gasteiger partial charge in [0, 0.05) is 30.1 Å². The molecule has 0 saturated heterocycles. The summed E-state index contributed by atoms with van der Waals surface area (Å²) in [5.74, 6) is 1.38. The van der Waals surface area contributed by atoms with Crippen LogP contribution >= 0.6 is 11.3 Å². The lowest BCUT2D eigenvalue weighted by molar-refractivity contribution is 0.102. The van der Waals surface area contributed by atoms with E-state index in [0.717, 1.165) is 21.4 Å². The topological polar surface area (TPSA) is 60.8 Å². The summed E-state index contributed by atoms with van der Waals surface area (Å²) in [6.07, 6.45) is 1.80. The van der Waals surface area contributed by atoms with Gasteiger partial charge in [0.25, 0.3) is 5.56 Å². The van der Waals surface area contributed by atoms with Crippen molar-refractivity contribution in [2.75, 3.05) is 28.3 Å². The number of thiophene rings is 1. The first-order chi connectivity index (χ1) is 13.3. The van der Waals surface area contributed by atoms with E-state index in [9.17, 15) is 9.59 Å². The molecule has 6 nitrogen and oxygen atoms in total. The standard InChI is InChI=1S/C21H24N2O4S/c1-12(24)19-9-14-20(28-19)15(11-23(4)21(14)25)13-7-17(26-5)16(10-22(2)3)18(8-13)27-6/h7-9,11H,10H2,1-6H3. The SMILES string of the molecule is COc1cc(-c2cn(C)c(=O)c3cc(C(C)=O)sc23)cc(OC)c1CN(C)C. The van der Waals surface area contributed by atoms with E-state index in [2.05, 4.69) is 0 Å². The number of methoxy groups -OCH3 is 2. The quantitative estimate of drug-likeness (QED) is 0.592. The Bertz CT molecular complexity index is 1090. The molecule has 0 aliphatic heterocycles. The number of aryl methyl sites for hydroxylation is 1. The Labute approximate surface area is 167 Å². The zero-order chi connectivity index (χ0) is 20.6. The monoisotopic (exact) mass is 400 g/mol. The molecule has 2 aromatic heterocycles. The number of hydrogen-bond donors (Lipinski definition) is 0. The Morgan fingerprint density at radius 2 is 1.75 bits per heavy atom. The molecule has 1 aromatic carbocycles. The fourth-order valence-corrected chi connectivity index (χ4v) is 4.32. The van der Waals surface area contributed by atoms with Gasteiger partial charge in [-0.2, -0.15) is 0 Å². The number of hydrogen-bond acceptors (Lipinski definition) is 6. The zero-order valence-electron chi connectivity index (χ0n) is 17.0. The van der Waals surface area contributed by atoms with Crippen molar-refractivity contribution in [3.63, 3.8) is 0 Å². The lowest BCUT2D eigenvalue weighted by Gasteiger charge is -2.19. The third-order valence-electron chi connectivity index (χ3n) is 4.59. The van der Waals surface area contributed by atoms with Crippen molar-refractivity contribution in [3.05, 3.63) is 45.2 Å². The van der Waals surface area contributed by atoms with Crippen molar-refractivity contribution in [1.82, 2.24) is 9.47 Å². The van der Waals surface area contributed by atoms with Crippen molar-refractivity contribution >= 4 is 27.2 Å². The van der Waals surface area contributed by atoms with Crippen LogP contribution in [0.2, 0.25) is 0 Å². The first-order valence-corrected chi connectivity index (χ1v) is 9.62. The molecule has 148 valence electrons. The average Bonchev–Trinajstić information content (AvgIpc) is 3.10. The Morgan fingerprint density at radius 1 is 1.14 bits per heavy atom. The lowest BCUT2D eigenvalue weighted by atomic mass is 10.0. The van der Waals surface area contributed by atoms with E-state index in [1.807, 2.05) is 31.1 Å². The van der Waals surface area contributed by atoms with Crippen LogP contribution in [0.3, 0.4) is 0 Å². The van der Waals surface area contributed by atoms with Crippen LogP contribution in [-0.4, -0.2) is 43.6 Å². The molecular formula is C21H24N2O4S. The molecule has 0 aliphatic rings. The van der Waals surface area contributed by atoms with Crippen LogP contribution in [0.5, 0.6) is 11.5 Å². The number of ketones is 1. The van der Waals surface area contributed by atoms with E-state index < -0.39 is 0 Å². The van der Waals surface area contributed by atoms with Crippen molar-refractivity contribution < 1.29 is 14.3 Å². The number of fused-ring (bicyclic) bond motifs is 1. The maximum Gasteiger partial charge on any atom is 0.259 e. The highest BCUT2D eigenvalue weighted by atomic mass is 32.1. The van der Waals surface area contributed by atoms with Crippen LogP contribution in [0.4, 0.5) is 0 Å². The van der Waals surface area contributed by atoms with Gasteiger partial charge in [-0.25, -0.2) is 0 Å². The van der Waals surface area contributed by atoms with Gasteiger partial charge in [-0.3, -0.25) is 9.59 Å². The summed E-state index contributed by atoms with van der Waals surface area (Å²) in [6.45, 7) is 2.18. The fourth-order valence-electron chi connectivity index (χ4n) is 3.24. The van der Waals surface area contributed by atoms with Gasteiger partial charge in [-0.15, -0.1) is 11.3 Å². The van der Waals surface area contributed by atoms with E-state index in [-0.39, 0.29) is 11.3 Å². The fraction of sp³-hybridized carbons (Fsp3) is 0.333. The summed E-state index contributed by atoms with van der Waals surface area (Å²) in [4.78, 5) is 27.1. The van der Waals surface area contributed by atoms with E-state index in [1.54, 1.807) is 38.1 Å². The van der Waals surface area contributed by atoms with Crippen LogP contribution in [0.15, 0.2) is 29.2 Å². The van der Waals surface area contributed by atoms with Gasteiger partial charge in [0.05, 0.1) is 30.0 Å². The molecular weight excluding hydrogens is 376 g/mol. The van der Waals surface area contributed by atoms with Gasteiger partial charge in [0.2, 0.25) is 0 Å². The molecule has 3 aromatic rings. The predicted molar refractivity (Wildman–Crippen MR) is 113 cm³/mol. The average molecular weight is 401 g/mol. The predicted octanol–water partition coefficient (Wildman–Crippen LogP) is 3.55. The number of carbonyl (C=O) groups is 1. The van der Waals surface area contributed by atoms with Crippen LogP contribution in [-0.2, 0) is 13.6 Å². The van der Waals surface area contributed by atoms with Crippen LogP contribution in [0, 0.1) is 0 Å². The maximum atomic E-state index is 12.6. The van der Waals surface area contributed by atoms with Gasteiger partial charge in [0.1, 0.15) is 11.5 Å². The van der Waals surface area contributed by atoms with Crippen molar-refractivity contribution in [2.24, 2.45) is 7.05 Å². The third kappa shape index (κ3) is 3.55. The molecule has 0 unspecified atom stereocenters. The second-order valence-corrected chi connectivity index (χ2v) is 8.02. The molecule has 0 aliphatic carbocycles. The maximum absolute atomic E-state index is 12.6. The van der Waals surface area contributed by atoms with Gasteiger partial charge in [-0.05, 0) is 44.8 Å². The Balaban J connectivity index is 2.31.